The van der Waals surface area contributed by atoms with Crippen molar-refractivity contribution in [3.8, 4) is 11.5 Å². The molecule has 2 unspecified atom stereocenters. The van der Waals surface area contributed by atoms with E-state index in [0.29, 0.717) is 6.29 Å². The highest BCUT2D eigenvalue weighted by Gasteiger charge is 2.24. The molecule has 1 aromatic carbocycles. The number of carbonyl (C=O) groups excluding carboxylic acids is 2. The highest BCUT2D eigenvalue weighted by molar-refractivity contribution is 5.77. The molecule has 0 fully saturated rings. The first-order chi connectivity index (χ1) is 9.90. The molecule has 0 aliphatic carbocycles. The maximum atomic E-state index is 10.9. The molecule has 7 nitrogen and oxygen atoms in total. The molecule has 1 amide bonds. The van der Waals surface area contributed by atoms with Crippen molar-refractivity contribution in [1.82, 2.24) is 5.32 Å². The lowest BCUT2D eigenvalue weighted by atomic mass is 10.00. The number of amides is 1. The van der Waals surface area contributed by atoms with Crippen molar-refractivity contribution in [2.75, 3.05) is 13.2 Å². The van der Waals surface area contributed by atoms with Gasteiger partial charge in [-0.1, -0.05) is 0 Å². The predicted octanol–water partition coefficient (Wildman–Crippen LogP) is 0.134. The molecule has 21 heavy (non-hydrogen) atoms. The Kier molecular flexibility index (Phi) is 6.13. The number of nitrogens with one attached hydrogen (secondary N) is 1. The van der Waals surface area contributed by atoms with Gasteiger partial charge in [0.1, 0.15) is 18.5 Å². The van der Waals surface area contributed by atoms with Crippen LogP contribution in [0.25, 0.3) is 0 Å². The fourth-order valence-electron chi connectivity index (χ4n) is 1.78. The molecule has 7 heteroatoms. The fraction of sp³-hybridized carbons (Fsp3) is 0.429. The lowest BCUT2D eigenvalue weighted by Gasteiger charge is -2.20. The number of aldehydes is 1. The van der Waals surface area contributed by atoms with E-state index in [0.717, 1.165) is 0 Å². The molecule has 116 valence electrons. The Balaban J connectivity index is 3.06. The largest absolute Gasteiger partial charge is 0.504 e. The lowest BCUT2D eigenvalue weighted by Crippen LogP contribution is -2.34. The molecule has 0 aliphatic heterocycles. The number of carbonyl (C=O) groups is 2. The maximum absolute atomic E-state index is 10.9. The minimum Gasteiger partial charge on any atom is -0.504 e. The smallest absolute Gasteiger partial charge is 0.216 e. The molecule has 0 saturated carbocycles. The van der Waals surface area contributed by atoms with E-state index in [-0.39, 0.29) is 41.7 Å². The first kappa shape index (κ1) is 16.9. The van der Waals surface area contributed by atoms with Crippen LogP contribution in [-0.2, 0) is 4.79 Å². The van der Waals surface area contributed by atoms with Crippen LogP contribution < -0.4 is 10.1 Å². The summed E-state index contributed by atoms with van der Waals surface area (Å²) in [6.45, 7) is 3.05. The normalized spacial score (nSPS) is 13.3. The highest BCUT2D eigenvalue weighted by atomic mass is 16.5. The molecule has 0 saturated heterocycles. The summed E-state index contributed by atoms with van der Waals surface area (Å²) in [7, 11) is 0. The zero-order valence-electron chi connectivity index (χ0n) is 11.9. The lowest BCUT2D eigenvalue weighted by molar-refractivity contribution is -0.119. The molecular formula is C14H19NO6. The number of phenolic OH excluding ortho intramolecular Hbond substituents is 1. The second-order valence-electron chi connectivity index (χ2n) is 4.46. The van der Waals surface area contributed by atoms with E-state index in [4.69, 9.17) is 4.74 Å². The molecule has 0 aliphatic rings. The quantitative estimate of drug-likeness (QED) is 0.532. The zero-order chi connectivity index (χ0) is 16.0. The van der Waals surface area contributed by atoms with Gasteiger partial charge in [0.2, 0.25) is 5.91 Å². The van der Waals surface area contributed by atoms with Gasteiger partial charge < -0.3 is 25.4 Å². The standard InChI is InChI=1S/C14H19NO6/c1-3-21-12-5-9(7-16)4-10(14(12)20)13(19)11(18)6-15-8(2)17/h4-5,7,11,13,18-20H,3,6H2,1-2H3,(H,15,17). The number of phenols is 1. The fourth-order valence-corrected chi connectivity index (χ4v) is 1.78. The summed E-state index contributed by atoms with van der Waals surface area (Å²) in [4.78, 5) is 21.7. The summed E-state index contributed by atoms with van der Waals surface area (Å²) >= 11 is 0. The summed E-state index contributed by atoms with van der Waals surface area (Å²) in [6, 6.07) is 2.59. The van der Waals surface area contributed by atoms with Crippen LogP contribution in [0.5, 0.6) is 11.5 Å². The zero-order valence-corrected chi connectivity index (χ0v) is 11.9. The van der Waals surface area contributed by atoms with Crippen LogP contribution in [0.2, 0.25) is 0 Å². The number of aliphatic hydroxyl groups excluding tert-OH is 2. The van der Waals surface area contributed by atoms with Crippen molar-refractivity contribution in [1.29, 1.82) is 0 Å². The van der Waals surface area contributed by atoms with E-state index in [1.165, 1.54) is 19.1 Å². The number of aliphatic hydroxyl groups is 2. The number of ether oxygens (including phenoxy) is 1. The summed E-state index contributed by atoms with van der Waals surface area (Å²) in [5, 5.41) is 32.3. The van der Waals surface area contributed by atoms with Gasteiger partial charge >= 0.3 is 0 Å². The van der Waals surface area contributed by atoms with Gasteiger partial charge in [0.25, 0.3) is 0 Å². The second kappa shape index (κ2) is 7.61. The minimum absolute atomic E-state index is 0.0408. The SMILES string of the molecule is CCOc1cc(C=O)cc(C(O)C(O)CNC(C)=O)c1O. The molecule has 1 aromatic rings. The van der Waals surface area contributed by atoms with E-state index in [1.54, 1.807) is 6.92 Å². The van der Waals surface area contributed by atoms with Crippen LogP contribution in [0.4, 0.5) is 0 Å². The Morgan fingerprint density at radius 2 is 2.10 bits per heavy atom. The van der Waals surface area contributed by atoms with Gasteiger partial charge in [0.15, 0.2) is 11.5 Å². The minimum atomic E-state index is -1.48. The molecule has 0 heterocycles. The van der Waals surface area contributed by atoms with Crippen molar-refractivity contribution in [3.63, 3.8) is 0 Å². The van der Waals surface area contributed by atoms with Gasteiger partial charge in [-0.3, -0.25) is 9.59 Å². The molecule has 1 rings (SSSR count). The second-order valence-corrected chi connectivity index (χ2v) is 4.46. The van der Waals surface area contributed by atoms with Crippen LogP contribution in [0, 0.1) is 0 Å². The number of hydrogen-bond acceptors (Lipinski definition) is 6. The van der Waals surface area contributed by atoms with Gasteiger partial charge in [-0.25, -0.2) is 0 Å². The Morgan fingerprint density at radius 3 is 2.62 bits per heavy atom. The van der Waals surface area contributed by atoms with Gasteiger partial charge in [0, 0.05) is 24.6 Å². The maximum Gasteiger partial charge on any atom is 0.216 e. The monoisotopic (exact) mass is 297 g/mol. The van der Waals surface area contributed by atoms with Gasteiger partial charge in [0.05, 0.1) is 6.61 Å². The third-order valence-corrected chi connectivity index (χ3v) is 2.81. The van der Waals surface area contributed by atoms with E-state index in [1.807, 2.05) is 0 Å². The van der Waals surface area contributed by atoms with Gasteiger partial charge in [-0.05, 0) is 19.1 Å². The average molecular weight is 297 g/mol. The van der Waals surface area contributed by atoms with Crippen LogP contribution in [0.3, 0.4) is 0 Å². The third-order valence-electron chi connectivity index (χ3n) is 2.81. The predicted molar refractivity (Wildman–Crippen MR) is 74.3 cm³/mol. The van der Waals surface area contributed by atoms with Gasteiger partial charge in [-0.2, -0.15) is 0 Å². The Bertz CT molecular complexity index is 516. The Labute approximate surface area is 122 Å². The van der Waals surface area contributed by atoms with E-state index >= 15 is 0 Å². The van der Waals surface area contributed by atoms with Crippen molar-refractivity contribution in [2.45, 2.75) is 26.1 Å². The van der Waals surface area contributed by atoms with Crippen LogP contribution in [-0.4, -0.2) is 46.8 Å². The van der Waals surface area contributed by atoms with Crippen molar-refractivity contribution >= 4 is 12.2 Å². The first-order valence-corrected chi connectivity index (χ1v) is 6.46. The van der Waals surface area contributed by atoms with E-state index in [2.05, 4.69) is 5.32 Å². The average Bonchev–Trinajstić information content (AvgIpc) is 2.46. The summed E-state index contributed by atoms with van der Waals surface area (Å²) in [6.07, 6.45) is -2.27. The van der Waals surface area contributed by atoms with Crippen LogP contribution in [0.1, 0.15) is 35.9 Å². The van der Waals surface area contributed by atoms with Crippen LogP contribution >= 0.6 is 0 Å². The molecule has 0 spiro atoms. The highest BCUT2D eigenvalue weighted by Crippen LogP contribution is 2.36. The van der Waals surface area contributed by atoms with Crippen molar-refractivity contribution in [2.24, 2.45) is 0 Å². The molecule has 0 bridgehead atoms. The number of aromatic hydroxyl groups is 1. The molecule has 0 aromatic heterocycles. The van der Waals surface area contributed by atoms with Gasteiger partial charge in [-0.15, -0.1) is 0 Å². The Hall–Kier alpha value is -2.12. The number of benzene rings is 1. The van der Waals surface area contributed by atoms with E-state index in [9.17, 15) is 24.9 Å². The van der Waals surface area contributed by atoms with E-state index < -0.39 is 12.2 Å². The molecular weight excluding hydrogens is 278 g/mol. The van der Waals surface area contributed by atoms with Crippen LogP contribution in [0.15, 0.2) is 12.1 Å². The summed E-state index contributed by atoms with van der Waals surface area (Å²) in [5.41, 5.74) is 0.151. The third kappa shape index (κ3) is 4.44. The van der Waals surface area contributed by atoms with Crippen molar-refractivity contribution in [3.05, 3.63) is 23.3 Å². The topological polar surface area (TPSA) is 116 Å². The Morgan fingerprint density at radius 1 is 1.43 bits per heavy atom. The number of hydrogen-bond donors (Lipinski definition) is 4. The molecule has 4 N–H and O–H groups in total. The first-order valence-electron chi connectivity index (χ1n) is 6.46. The summed E-state index contributed by atoms with van der Waals surface area (Å²) < 4.78 is 5.18. The van der Waals surface area contributed by atoms with Crippen molar-refractivity contribution < 1.29 is 29.6 Å². The number of rotatable bonds is 7. The molecule has 2 atom stereocenters. The molecule has 0 radical (unpaired) electrons. The summed E-state index contributed by atoms with van der Waals surface area (Å²) in [5.74, 6) is -0.665.